The summed E-state index contributed by atoms with van der Waals surface area (Å²) in [6.07, 6.45) is 0.632. The van der Waals surface area contributed by atoms with E-state index in [9.17, 15) is 14.4 Å². The molecule has 10 nitrogen and oxygen atoms in total. The highest BCUT2D eigenvalue weighted by atomic mass is 16.2. The third-order valence-electron chi connectivity index (χ3n) is 5.94. The van der Waals surface area contributed by atoms with Crippen LogP contribution >= 0.6 is 0 Å². The normalized spacial score (nSPS) is 12.7. The summed E-state index contributed by atoms with van der Waals surface area (Å²) in [6.45, 7) is 7.08. The van der Waals surface area contributed by atoms with E-state index in [0.29, 0.717) is 42.3 Å². The zero-order chi connectivity index (χ0) is 24.2. The molecule has 0 radical (unpaired) electrons. The van der Waals surface area contributed by atoms with Gasteiger partial charge in [0.25, 0.3) is 11.8 Å². The molecular weight excluding hydrogens is 434 g/mol. The van der Waals surface area contributed by atoms with E-state index in [1.807, 2.05) is 32.9 Å². The maximum Gasteiger partial charge on any atom is 0.261 e. The Morgan fingerprint density at radius 1 is 0.941 bits per heavy atom. The van der Waals surface area contributed by atoms with Gasteiger partial charge in [-0.15, -0.1) is 10.2 Å². The molecule has 1 aliphatic rings. The van der Waals surface area contributed by atoms with Crippen molar-refractivity contribution in [1.82, 2.24) is 30.2 Å². The van der Waals surface area contributed by atoms with Gasteiger partial charge in [0, 0.05) is 31.7 Å². The minimum atomic E-state index is -0.301. The highest BCUT2D eigenvalue weighted by Gasteiger charge is 2.34. The van der Waals surface area contributed by atoms with Gasteiger partial charge in [-0.3, -0.25) is 19.3 Å². The van der Waals surface area contributed by atoms with Crippen LogP contribution in [0.1, 0.15) is 50.5 Å². The van der Waals surface area contributed by atoms with E-state index in [1.165, 1.54) is 4.90 Å². The predicted octanol–water partition coefficient (Wildman–Crippen LogP) is 2.19. The van der Waals surface area contributed by atoms with E-state index in [-0.39, 0.29) is 30.7 Å². The molecule has 34 heavy (non-hydrogen) atoms. The monoisotopic (exact) mass is 461 g/mol. The van der Waals surface area contributed by atoms with Crippen molar-refractivity contribution >= 4 is 23.5 Å². The molecular formula is C24H27N7O3. The van der Waals surface area contributed by atoms with Crippen molar-refractivity contribution in [3.8, 4) is 5.82 Å². The number of carbonyl (C=O) groups is 3. The molecule has 10 heteroatoms. The fourth-order valence-electron chi connectivity index (χ4n) is 3.80. The lowest BCUT2D eigenvalue weighted by molar-refractivity contribution is -0.121. The molecule has 176 valence electrons. The van der Waals surface area contributed by atoms with E-state index < -0.39 is 0 Å². The average molecular weight is 462 g/mol. The standard InChI is InChI=1S/C24H27N7O3/c1-15-16(2)29-31(17(15)3)21-11-10-20(27-28-21)25-12-13-26-22(32)9-6-14-30-23(33)18-7-4-5-8-19(18)24(30)34/h4-5,7-8,10-11H,6,9,12-14H2,1-3H3,(H,25,27)(H,26,32). The summed E-state index contributed by atoms with van der Waals surface area (Å²) in [5.41, 5.74) is 3.95. The van der Waals surface area contributed by atoms with Crippen molar-refractivity contribution in [3.63, 3.8) is 0 Å². The van der Waals surface area contributed by atoms with E-state index >= 15 is 0 Å². The van der Waals surface area contributed by atoms with Crippen LogP contribution in [0, 0.1) is 20.8 Å². The summed E-state index contributed by atoms with van der Waals surface area (Å²) in [7, 11) is 0. The van der Waals surface area contributed by atoms with Crippen LogP contribution in [0.15, 0.2) is 36.4 Å². The molecule has 0 atom stereocenters. The predicted molar refractivity (Wildman–Crippen MR) is 126 cm³/mol. The van der Waals surface area contributed by atoms with Crippen LogP contribution in [0.5, 0.6) is 0 Å². The summed E-state index contributed by atoms with van der Waals surface area (Å²) in [6, 6.07) is 10.4. The van der Waals surface area contributed by atoms with Crippen LogP contribution < -0.4 is 10.6 Å². The molecule has 1 aliphatic heterocycles. The van der Waals surface area contributed by atoms with Crippen LogP contribution in [-0.4, -0.2) is 62.2 Å². The molecule has 0 aliphatic carbocycles. The molecule has 3 heterocycles. The third kappa shape index (κ3) is 4.66. The molecule has 2 N–H and O–H groups in total. The zero-order valence-corrected chi connectivity index (χ0v) is 19.5. The Bertz CT molecular complexity index is 1200. The van der Waals surface area contributed by atoms with E-state index in [2.05, 4.69) is 25.9 Å². The minimum absolute atomic E-state index is 0.139. The number of nitrogens with one attached hydrogen (secondary N) is 2. The number of fused-ring (bicyclic) bond motifs is 1. The Balaban J connectivity index is 1.16. The smallest absolute Gasteiger partial charge is 0.261 e. The van der Waals surface area contributed by atoms with Crippen LogP contribution in [-0.2, 0) is 4.79 Å². The fraction of sp³-hybridized carbons (Fsp3) is 0.333. The fourth-order valence-corrected chi connectivity index (χ4v) is 3.80. The molecule has 0 spiro atoms. The summed E-state index contributed by atoms with van der Waals surface area (Å²) < 4.78 is 1.77. The maximum atomic E-state index is 12.3. The molecule has 0 fully saturated rings. The largest absolute Gasteiger partial charge is 0.367 e. The summed E-state index contributed by atoms with van der Waals surface area (Å²) in [5.74, 6) is 0.503. The van der Waals surface area contributed by atoms with Gasteiger partial charge in [0.1, 0.15) is 5.82 Å². The average Bonchev–Trinajstić information content (AvgIpc) is 3.25. The number of carbonyl (C=O) groups excluding carboxylic acids is 3. The number of amides is 3. The van der Waals surface area contributed by atoms with E-state index in [1.54, 1.807) is 28.9 Å². The lowest BCUT2D eigenvalue weighted by Crippen LogP contribution is -2.33. The van der Waals surface area contributed by atoms with Gasteiger partial charge >= 0.3 is 0 Å². The second-order valence-corrected chi connectivity index (χ2v) is 8.17. The number of imide groups is 1. The molecule has 0 bridgehead atoms. The topological polar surface area (TPSA) is 122 Å². The molecule has 1 aromatic carbocycles. The molecule has 4 rings (SSSR count). The van der Waals surface area contributed by atoms with Crippen LogP contribution in [0.25, 0.3) is 5.82 Å². The van der Waals surface area contributed by atoms with Crippen LogP contribution in [0.4, 0.5) is 5.82 Å². The van der Waals surface area contributed by atoms with Gasteiger partial charge in [0.2, 0.25) is 5.91 Å². The Labute approximate surface area is 197 Å². The van der Waals surface area contributed by atoms with Gasteiger partial charge in [-0.2, -0.15) is 5.10 Å². The quantitative estimate of drug-likeness (QED) is 0.370. The van der Waals surface area contributed by atoms with Gasteiger partial charge in [-0.05, 0) is 57.0 Å². The lowest BCUT2D eigenvalue weighted by Gasteiger charge is -2.13. The first kappa shape index (κ1) is 23.1. The minimum Gasteiger partial charge on any atom is -0.367 e. The number of aromatic nitrogens is 4. The van der Waals surface area contributed by atoms with Gasteiger partial charge in [0.15, 0.2) is 5.82 Å². The number of benzene rings is 1. The summed E-state index contributed by atoms with van der Waals surface area (Å²) >= 11 is 0. The van der Waals surface area contributed by atoms with Crippen LogP contribution in [0.3, 0.4) is 0 Å². The van der Waals surface area contributed by atoms with Gasteiger partial charge in [-0.1, -0.05) is 12.1 Å². The van der Waals surface area contributed by atoms with Crippen molar-refractivity contribution in [1.29, 1.82) is 0 Å². The number of hydrogen-bond donors (Lipinski definition) is 2. The molecule has 0 saturated heterocycles. The van der Waals surface area contributed by atoms with Gasteiger partial charge < -0.3 is 10.6 Å². The second kappa shape index (κ2) is 9.82. The molecule has 3 aromatic rings. The first-order chi connectivity index (χ1) is 16.4. The summed E-state index contributed by atoms with van der Waals surface area (Å²) in [5, 5.41) is 18.8. The van der Waals surface area contributed by atoms with Crippen molar-refractivity contribution in [2.24, 2.45) is 0 Å². The van der Waals surface area contributed by atoms with Crippen molar-refractivity contribution in [3.05, 3.63) is 64.5 Å². The Hall–Kier alpha value is -4.08. The number of rotatable bonds is 9. The number of anilines is 1. The SMILES string of the molecule is Cc1nn(-c2ccc(NCCNC(=O)CCCN3C(=O)c4ccccc4C3=O)nn2)c(C)c1C. The van der Waals surface area contributed by atoms with E-state index in [4.69, 9.17) is 0 Å². The summed E-state index contributed by atoms with van der Waals surface area (Å²) in [4.78, 5) is 38.0. The highest BCUT2D eigenvalue weighted by molar-refractivity contribution is 6.21. The Morgan fingerprint density at radius 2 is 1.65 bits per heavy atom. The highest BCUT2D eigenvalue weighted by Crippen LogP contribution is 2.22. The first-order valence-electron chi connectivity index (χ1n) is 11.2. The van der Waals surface area contributed by atoms with Gasteiger partial charge in [-0.25, -0.2) is 4.68 Å². The zero-order valence-electron chi connectivity index (χ0n) is 19.5. The van der Waals surface area contributed by atoms with E-state index in [0.717, 1.165) is 17.0 Å². The van der Waals surface area contributed by atoms with Crippen molar-refractivity contribution < 1.29 is 14.4 Å². The lowest BCUT2D eigenvalue weighted by atomic mass is 10.1. The molecule has 2 aromatic heterocycles. The van der Waals surface area contributed by atoms with Crippen LogP contribution in [0.2, 0.25) is 0 Å². The molecule has 0 unspecified atom stereocenters. The second-order valence-electron chi connectivity index (χ2n) is 8.17. The van der Waals surface area contributed by atoms with Crippen molar-refractivity contribution in [2.75, 3.05) is 25.0 Å². The first-order valence-corrected chi connectivity index (χ1v) is 11.2. The van der Waals surface area contributed by atoms with Crippen molar-refractivity contribution in [2.45, 2.75) is 33.6 Å². The molecule has 3 amide bonds. The number of hydrogen-bond acceptors (Lipinski definition) is 7. The number of aryl methyl sites for hydroxylation is 1. The number of nitrogens with zero attached hydrogens (tertiary/aromatic N) is 5. The maximum absolute atomic E-state index is 12.3. The Kier molecular flexibility index (Phi) is 6.67. The Morgan fingerprint density at radius 3 is 2.24 bits per heavy atom. The third-order valence-corrected chi connectivity index (χ3v) is 5.94. The molecule has 0 saturated carbocycles. The van der Waals surface area contributed by atoms with Gasteiger partial charge in [0.05, 0.1) is 16.8 Å².